The van der Waals surface area contributed by atoms with Crippen molar-refractivity contribution in [1.82, 2.24) is 20.4 Å². The minimum absolute atomic E-state index is 0.0583. The summed E-state index contributed by atoms with van der Waals surface area (Å²) in [5, 5.41) is 47.5. The zero-order valence-corrected chi connectivity index (χ0v) is 64.4. The standard InChI is InChI=1S/C82H95N7O20S/c1-80(2,3)107-79(97)86-46-82(6,7)48-102-47-81(4,5)45-85-75(94)55-22-25-65(105-78-74(93)73(92)72(91)71(42-90)106-78)70(31-55)109-110(98,99)108-60-23-20-49(21-24-60)40-89(8,9)41-50-26-51(43-103-68-34-63-61(32-66(68)100-10)76(95)87-38-56-18-14-12-16-53(56)29-58(87)36-83-63)28-52(27-50)44-104-69-35-64-62(33-67(69)101-11)77(96)88-39-57-19-15-13-17-54(57)30-59(88)37-84-64/h12-28,31-37,58-59,71-74,78,90-93H,29-30,38-48H2,1-11H3,(H-,85,86,94,97)/p+1/t58-,59-,71?,72-,73-,74+,78+/m0/s1. The fourth-order valence-corrected chi connectivity index (χ4v) is 14.6. The molecule has 0 aromatic heterocycles. The number of nitrogens with one attached hydrogen (secondary N) is 2. The molecule has 0 aliphatic carbocycles. The Morgan fingerprint density at radius 3 is 1.61 bits per heavy atom. The molecule has 0 radical (unpaired) electrons. The highest BCUT2D eigenvalue weighted by molar-refractivity contribution is 7.82. The van der Waals surface area contributed by atoms with Gasteiger partial charge < -0.3 is 91.6 Å². The zero-order valence-electron chi connectivity index (χ0n) is 63.6. The van der Waals surface area contributed by atoms with Gasteiger partial charge in [0.2, 0.25) is 6.29 Å². The highest BCUT2D eigenvalue weighted by atomic mass is 32.3. The van der Waals surface area contributed by atoms with Crippen LogP contribution in [0.2, 0.25) is 0 Å². The Bertz CT molecular complexity index is 4590. The van der Waals surface area contributed by atoms with Crippen molar-refractivity contribution < 1.29 is 98.8 Å². The van der Waals surface area contributed by atoms with Crippen molar-refractivity contribution in [3.05, 3.63) is 195 Å². The van der Waals surface area contributed by atoms with Crippen LogP contribution in [0.5, 0.6) is 40.2 Å². The summed E-state index contributed by atoms with van der Waals surface area (Å²) in [7, 11) is 2.04. The number of methoxy groups -OCH3 is 2. The number of alkyl carbamates (subject to hydrolysis) is 1. The summed E-state index contributed by atoms with van der Waals surface area (Å²) in [5.74, 6) is -0.655. The fraction of sp³-hybridized carbons (Fsp3) is 0.415. The Morgan fingerprint density at radius 1 is 0.582 bits per heavy atom. The van der Waals surface area contributed by atoms with Crippen LogP contribution in [0.4, 0.5) is 16.2 Å². The van der Waals surface area contributed by atoms with Crippen molar-refractivity contribution in [3.8, 4) is 40.2 Å². The van der Waals surface area contributed by atoms with Crippen LogP contribution < -0.4 is 42.7 Å². The third-order valence-corrected chi connectivity index (χ3v) is 20.2. The largest absolute Gasteiger partial charge is 0.501 e. The van der Waals surface area contributed by atoms with Crippen molar-refractivity contribution in [2.45, 2.75) is 149 Å². The number of amides is 4. The number of aliphatic hydroxyl groups is 4. The van der Waals surface area contributed by atoms with E-state index in [-0.39, 0.29) is 74.7 Å². The molecule has 584 valence electrons. The first-order valence-corrected chi connectivity index (χ1v) is 37.7. The van der Waals surface area contributed by atoms with E-state index in [2.05, 4.69) is 22.8 Å². The lowest BCUT2D eigenvalue weighted by molar-refractivity contribution is -0.916. The highest BCUT2D eigenvalue weighted by Crippen LogP contribution is 2.42. The van der Waals surface area contributed by atoms with Gasteiger partial charge in [0, 0.05) is 78.3 Å². The molecule has 7 aromatic carbocycles. The molecule has 4 amide bonds. The molecule has 1 fully saturated rings. The molecule has 5 heterocycles. The molecule has 27 nitrogen and oxygen atoms in total. The van der Waals surface area contributed by atoms with E-state index in [4.69, 9.17) is 56.2 Å². The van der Waals surface area contributed by atoms with Gasteiger partial charge in [-0.2, -0.15) is 0 Å². The van der Waals surface area contributed by atoms with Crippen LogP contribution in [0.25, 0.3) is 0 Å². The van der Waals surface area contributed by atoms with Gasteiger partial charge in [0.25, 0.3) is 17.7 Å². The molecule has 0 saturated carbocycles. The first-order chi connectivity index (χ1) is 52.2. The Labute approximate surface area is 640 Å². The summed E-state index contributed by atoms with van der Waals surface area (Å²) in [6, 6.07) is 38.5. The van der Waals surface area contributed by atoms with Crippen LogP contribution >= 0.6 is 0 Å². The molecular formula is C82H96N7O20S+. The van der Waals surface area contributed by atoms with E-state index in [0.717, 1.165) is 39.4 Å². The van der Waals surface area contributed by atoms with Gasteiger partial charge in [-0.1, -0.05) is 76.2 Å². The zero-order chi connectivity index (χ0) is 78.6. The van der Waals surface area contributed by atoms with Gasteiger partial charge >= 0.3 is 16.5 Å². The number of quaternary nitrogens is 1. The van der Waals surface area contributed by atoms with Crippen LogP contribution in [-0.4, -0.2) is 189 Å². The molecule has 28 heteroatoms. The molecule has 6 N–H and O–H groups in total. The number of hydrogen-bond acceptors (Lipinski definition) is 22. The Kier molecular flexibility index (Phi) is 23.7. The predicted octanol–water partition coefficient (Wildman–Crippen LogP) is 9.41. The smallest absolute Gasteiger partial charge is 0.493 e. The molecule has 110 heavy (non-hydrogen) atoms. The normalized spacial score (nSPS) is 19.6. The highest BCUT2D eigenvalue weighted by Gasteiger charge is 2.46. The number of fused-ring (bicyclic) bond motifs is 6. The van der Waals surface area contributed by atoms with Gasteiger partial charge in [0.05, 0.1) is 82.7 Å². The van der Waals surface area contributed by atoms with Gasteiger partial charge in [-0.25, -0.2) is 4.79 Å². The molecule has 1 unspecified atom stereocenters. The summed E-state index contributed by atoms with van der Waals surface area (Å²) in [6.07, 6.45) is -4.27. The number of nitrogens with zero attached hydrogens (tertiary/aromatic N) is 5. The second-order valence-corrected chi connectivity index (χ2v) is 32.7. The summed E-state index contributed by atoms with van der Waals surface area (Å²) in [5.41, 5.74) is 7.59. The monoisotopic (exact) mass is 1530 g/mol. The van der Waals surface area contributed by atoms with Crippen molar-refractivity contribution >= 4 is 58.0 Å². The third-order valence-electron chi connectivity index (χ3n) is 19.5. The summed E-state index contributed by atoms with van der Waals surface area (Å²) >= 11 is 0. The summed E-state index contributed by atoms with van der Waals surface area (Å²) < 4.78 is 87.3. The van der Waals surface area contributed by atoms with E-state index in [1.54, 1.807) is 57.2 Å². The molecule has 7 aromatic rings. The Morgan fingerprint density at radius 2 is 1.09 bits per heavy atom. The SMILES string of the molecule is COc1cc2c(cc1OCc1cc(COc3cc4c(cc3OC)C(=O)N3Cc5ccccc5C[C@H]3C=N4)cc(C[N+](C)(C)Cc3ccc(OS(=O)(=O)Oc4cc(C(=O)NCC(C)(C)COCC(C)(C)CNC(=O)OC(C)(C)C)ccc4O[C@@H]4OC(CO)[C@H](O)[C@H](O)[C@H]4O)cc3)c1)N=C[C@@H]1Cc3ccccc3CN1C2=O. The number of carbonyl (C=O) groups is 4. The van der Waals surface area contributed by atoms with Crippen LogP contribution in [0, 0.1) is 10.8 Å². The maximum atomic E-state index is 14.3. The Balaban J connectivity index is 0.749. The van der Waals surface area contributed by atoms with Gasteiger partial charge in [-0.3, -0.25) is 24.4 Å². The summed E-state index contributed by atoms with van der Waals surface area (Å²) in [6.45, 7) is 14.8. The molecule has 7 atom stereocenters. The quantitative estimate of drug-likeness (QED) is 0.0249. The second-order valence-electron chi connectivity index (χ2n) is 31.6. The number of rotatable bonds is 28. The van der Waals surface area contributed by atoms with Crippen molar-refractivity contribution in [3.63, 3.8) is 0 Å². The minimum Gasteiger partial charge on any atom is -0.493 e. The topological polar surface area (TPSA) is 331 Å². The lowest BCUT2D eigenvalue weighted by Crippen LogP contribution is -2.60. The summed E-state index contributed by atoms with van der Waals surface area (Å²) in [4.78, 5) is 68.2. The van der Waals surface area contributed by atoms with E-state index in [9.17, 15) is 48.0 Å². The molecular weight excluding hydrogens is 1430 g/mol. The van der Waals surface area contributed by atoms with Crippen LogP contribution in [0.15, 0.2) is 143 Å². The number of hydrogen-bond donors (Lipinski definition) is 6. The molecule has 5 aliphatic heterocycles. The van der Waals surface area contributed by atoms with E-state index in [1.165, 1.54) is 49.6 Å². The fourth-order valence-electron chi connectivity index (χ4n) is 13.9. The predicted molar refractivity (Wildman–Crippen MR) is 407 cm³/mol. The van der Waals surface area contributed by atoms with E-state index in [0.29, 0.717) is 89.0 Å². The first kappa shape index (κ1) is 79.4. The number of aliphatic hydroxyl groups excluding tert-OH is 4. The lowest BCUT2D eigenvalue weighted by Gasteiger charge is -2.39. The number of benzene rings is 7. The first-order valence-electron chi connectivity index (χ1n) is 36.4. The third kappa shape index (κ3) is 19.3. The van der Waals surface area contributed by atoms with Crippen molar-refractivity contribution in [1.29, 1.82) is 0 Å². The van der Waals surface area contributed by atoms with Crippen LogP contribution in [0.3, 0.4) is 0 Å². The van der Waals surface area contributed by atoms with Gasteiger partial charge in [0.1, 0.15) is 62.1 Å². The van der Waals surface area contributed by atoms with E-state index in [1.807, 2.05) is 119 Å². The Hall–Kier alpha value is -10.2. The maximum Gasteiger partial charge on any atom is 0.501 e. The molecule has 5 aliphatic rings. The van der Waals surface area contributed by atoms with E-state index < -0.39 is 87.6 Å². The number of ether oxygens (including phenoxy) is 8. The lowest BCUT2D eigenvalue weighted by atomic mass is 9.93. The van der Waals surface area contributed by atoms with Crippen LogP contribution in [0.1, 0.15) is 124 Å². The van der Waals surface area contributed by atoms with E-state index >= 15 is 0 Å². The maximum absolute atomic E-state index is 14.3. The van der Waals surface area contributed by atoms with Crippen molar-refractivity contribution in [2.75, 3.05) is 61.2 Å². The molecule has 1 saturated heterocycles. The molecule has 0 spiro atoms. The van der Waals surface area contributed by atoms with Crippen molar-refractivity contribution in [2.24, 2.45) is 20.8 Å². The van der Waals surface area contributed by atoms with Gasteiger partial charge in [-0.05, 0) is 140 Å². The van der Waals surface area contributed by atoms with Crippen LogP contribution in [-0.2, 0) is 76.8 Å². The molecule has 12 rings (SSSR count). The minimum atomic E-state index is -5.08. The van der Waals surface area contributed by atoms with Gasteiger partial charge in [0.15, 0.2) is 34.5 Å². The number of aliphatic imine (C=N–C) groups is 2. The average Bonchev–Trinajstić information content (AvgIpc) is 1.50. The second kappa shape index (κ2) is 32.8. The molecule has 0 bridgehead atoms. The average molecular weight is 1530 g/mol. The van der Waals surface area contributed by atoms with Gasteiger partial charge in [-0.15, -0.1) is 8.42 Å². The number of carbonyl (C=O) groups excluding carboxylic acids is 4.